The largest absolute Gasteiger partial charge is 0.494 e. The lowest BCUT2D eigenvalue weighted by molar-refractivity contribution is 0.340. The second kappa shape index (κ2) is 10.4. The first-order valence-electron chi connectivity index (χ1n) is 11.0. The fourth-order valence-electron chi connectivity index (χ4n) is 3.68. The van der Waals surface area contributed by atoms with Gasteiger partial charge in [-0.3, -0.25) is 5.41 Å². The molecule has 0 saturated carbocycles. The lowest BCUT2D eigenvalue weighted by Gasteiger charge is -2.11. The number of nitrogens with one attached hydrogen (secondary N) is 3. The quantitative estimate of drug-likeness (QED) is 0.179. The molecule has 6 nitrogen and oxygen atoms in total. The van der Waals surface area contributed by atoms with Gasteiger partial charge in [0.25, 0.3) is 0 Å². The SMILES string of the molecule is CCNCCn1c(Cc2ccc(OCC)cc2)nc2ccc(NC(=N)c3cccs3)cc21. The summed E-state index contributed by atoms with van der Waals surface area (Å²) < 4.78 is 7.85. The molecule has 4 aromatic rings. The summed E-state index contributed by atoms with van der Waals surface area (Å²) in [5.74, 6) is 2.33. The molecule has 0 atom stereocenters. The Morgan fingerprint density at radius 3 is 2.69 bits per heavy atom. The van der Waals surface area contributed by atoms with Crippen molar-refractivity contribution in [1.82, 2.24) is 14.9 Å². The first-order chi connectivity index (χ1) is 15.7. The van der Waals surface area contributed by atoms with Crippen LogP contribution in [0.1, 0.15) is 30.1 Å². The highest BCUT2D eigenvalue weighted by molar-refractivity contribution is 7.12. The zero-order chi connectivity index (χ0) is 22.3. The van der Waals surface area contributed by atoms with Gasteiger partial charge in [0.1, 0.15) is 17.4 Å². The Bertz CT molecular complexity index is 1170. The van der Waals surface area contributed by atoms with Crippen LogP contribution in [0.15, 0.2) is 60.0 Å². The Morgan fingerprint density at radius 1 is 1.12 bits per heavy atom. The molecule has 0 aliphatic carbocycles. The topological polar surface area (TPSA) is 75.0 Å². The average Bonchev–Trinajstić information content (AvgIpc) is 3.44. The average molecular weight is 448 g/mol. The van der Waals surface area contributed by atoms with Crippen molar-refractivity contribution < 1.29 is 4.74 Å². The molecule has 32 heavy (non-hydrogen) atoms. The lowest BCUT2D eigenvalue weighted by Crippen LogP contribution is -2.20. The molecule has 0 saturated heterocycles. The van der Waals surface area contributed by atoms with E-state index in [2.05, 4.69) is 40.3 Å². The molecule has 0 aliphatic rings. The van der Waals surface area contributed by atoms with E-state index in [0.717, 1.165) is 59.2 Å². The molecule has 166 valence electrons. The van der Waals surface area contributed by atoms with Crippen molar-refractivity contribution in [3.8, 4) is 5.75 Å². The minimum atomic E-state index is 0.410. The molecule has 0 unspecified atom stereocenters. The van der Waals surface area contributed by atoms with Crippen LogP contribution in [-0.4, -0.2) is 35.1 Å². The van der Waals surface area contributed by atoms with Crippen LogP contribution in [0.4, 0.5) is 5.69 Å². The van der Waals surface area contributed by atoms with Gasteiger partial charge in [-0.1, -0.05) is 25.1 Å². The predicted octanol–water partition coefficient (Wildman–Crippen LogP) is 5.13. The number of anilines is 1. The Morgan fingerprint density at radius 2 is 1.97 bits per heavy atom. The number of amidine groups is 1. The summed E-state index contributed by atoms with van der Waals surface area (Å²) in [5.41, 5.74) is 4.14. The van der Waals surface area contributed by atoms with Gasteiger partial charge in [-0.2, -0.15) is 0 Å². The Hall–Kier alpha value is -3.16. The van der Waals surface area contributed by atoms with Crippen molar-refractivity contribution in [2.45, 2.75) is 26.8 Å². The van der Waals surface area contributed by atoms with Gasteiger partial charge >= 0.3 is 0 Å². The normalized spacial score (nSPS) is 11.1. The van der Waals surface area contributed by atoms with E-state index in [-0.39, 0.29) is 0 Å². The van der Waals surface area contributed by atoms with Crippen molar-refractivity contribution in [2.75, 3.05) is 25.0 Å². The van der Waals surface area contributed by atoms with Gasteiger partial charge in [-0.25, -0.2) is 4.98 Å². The first-order valence-corrected chi connectivity index (χ1v) is 11.9. The second-order valence-corrected chi connectivity index (χ2v) is 8.42. The number of hydrogen-bond donors (Lipinski definition) is 3. The molecule has 2 aromatic heterocycles. The molecule has 0 spiro atoms. The lowest BCUT2D eigenvalue weighted by atomic mass is 10.1. The van der Waals surface area contributed by atoms with Crippen LogP contribution in [0.5, 0.6) is 5.75 Å². The molecule has 0 fully saturated rings. The zero-order valence-corrected chi connectivity index (χ0v) is 19.3. The van der Waals surface area contributed by atoms with Gasteiger partial charge in [0, 0.05) is 25.2 Å². The summed E-state index contributed by atoms with van der Waals surface area (Å²) >= 11 is 1.56. The maximum absolute atomic E-state index is 8.34. The number of likely N-dealkylation sites (N-methyl/N-ethyl adjacent to an activating group) is 1. The predicted molar refractivity (Wildman–Crippen MR) is 133 cm³/mol. The Labute approximate surface area is 192 Å². The molecular weight excluding hydrogens is 418 g/mol. The minimum absolute atomic E-state index is 0.410. The molecular formula is C25H29N5OS. The van der Waals surface area contributed by atoms with Crippen LogP contribution in [-0.2, 0) is 13.0 Å². The van der Waals surface area contributed by atoms with Gasteiger partial charge in [0.15, 0.2) is 0 Å². The molecule has 2 heterocycles. The van der Waals surface area contributed by atoms with E-state index < -0.39 is 0 Å². The molecule has 0 bridgehead atoms. The number of aromatic nitrogens is 2. The fraction of sp³-hybridized carbons (Fsp3) is 0.280. The summed E-state index contributed by atoms with van der Waals surface area (Å²) in [6.07, 6.45) is 0.751. The van der Waals surface area contributed by atoms with E-state index in [0.29, 0.717) is 12.4 Å². The van der Waals surface area contributed by atoms with Crippen molar-refractivity contribution in [1.29, 1.82) is 5.41 Å². The van der Waals surface area contributed by atoms with E-state index in [1.807, 2.05) is 48.7 Å². The molecule has 2 aromatic carbocycles. The summed E-state index contributed by atoms with van der Waals surface area (Å²) in [5, 5.41) is 17.0. The molecule has 0 radical (unpaired) electrons. The zero-order valence-electron chi connectivity index (χ0n) is 18.5. The Balaban J connectivity index is 1.62. The summed E-state index contributed by atoms with van der Waals surface area (Å²) in [7, 11) is 0. The van der Waals surface area contributed by atoms with Gasteiger partial charge in [0.2, 0.25) is 0 Å². The van der Waals surface area contributed by atoms with Crippen LogP contribution in [0, 0.1) is 5.41 Å². The van der Waals surface area contributed by atoms with Crippen LogP contribution in [0.3, 0.4) is 0 Å². The van der Waals surface area contributed by atoms with Crippen molar-refractivity contribution in [2.24, 2.45) is 0 Å². The summed E-state index contributed by atoms with van der Waals surface area (Å²) in [6, 6.07) is 18.3. The van der Waals surface area contributed by atoms with Crippen LogP contribution in [0.25, 0.3) is 11.0 Å². The highest BCUT2D eigenvalue weighted by Crippen LogP contribution is 2.24. The van der Waals surface area contributed by atoms with Crippen molar-refractivity contribution in [3.63, 3.8) is 0 Å². The highest BCUT2D eigenvalue weighted by atomic mass is 32.1. The third-order valence-corrected chi connectivity index (χ3v) is 6.11. The number of hydrogen-bond acceptors (Lipinski definition) is 5. The molecule has 7 heteroatoms. The van der Waals surface area contributed by atoms with Gasteiger partial charge in [-0.15, -0.1) is 11.3 Å². The van der Waals surface area contributed by atoms with Crippen LogP contribution in [0.2, 0.25) is 0 Å². The molecule has 4 rings (SSSR count). The number of benzene rings is 2. The van der Waals surface area contributed by atoms with E-state index in [4.69, 9.17) is 15.1 Å². The van der Waals surface area contributed by atoms with Crippen LogP contribution >= 0.6 is 11.3 Å². The van der Waals surface area contributed by atoms with E-state index in [1.165, 1.54) is 5.56 Å². The monoisotopic (exact) mass is 447 g/mol. The summed E-state index contributed by atoms with van der Waals surface area (Å²) in [6.45, 7) is 7.42. The van der Waals surface area contributed by atoms with Gasteiger partial charge < -0.3 is 19.9 Å². The number of ether oxygens (including phenoxy) is 1. The van der Waals surface area contributed by atoms with E-state index in [9.17, 15) is 0 Å². The Kier molecular flexibility index (Phi) is 7.19. The van der Waals surface area contributed by atoms with Crippen molar-refractivity contribution >= 4 is 33.9 Å². The van der Waals surface area contributed by atoms with Crippen LogP contribution < -0.4 is 15.4 Å². The third kappa shape index (κ3) is 5.18. The van der Waals surface area contributed by atoms with Gasteiger partial charge in [0.05, 0.1) is 22.5 Å². The number of nitrogens with zero attached hydrogens (tertiary/aromatic N) is 2. The maximum Gasteiger partial charge on any atom is 0.140 e. The second-order valence-electron chi connectivity index (χ2n) is 7.47. The first kappa shape index (κ1) is 22.0. The number of imidazole rings is 1. The third-order valence-electron chi connectivity index (χ3n) is 5.22. The standard InChI is InChI=1S/C25H29N5OS/c1-3-27-13-14-30-22-17-19(28-25(26)23-6-5-15-32-23)9-12-21(22)29-24(30)16-18-7-10-20(11-8-18)31-4-2/h5-12,15,17,27H,3-4,13-14,16H2,1-2H3,(H2,26,28). The summed E-state index contributed by atoms with van der Waals surface area (Å²) in [4.78, 5) is 5.86. The maximum atomic E-state index is 8.34. The number of thiophene rings is 1. The van der Waals surface area contributed by atoms with E-state index >= 15 is 0 Å². The number of fused-ring (bicyclic) bond motifs is 1. The van der Waals surface area contributed by atoms with Gasteiger partial charge in [-0.05, 0) is 60.8 Å². The molecule has 3 N–H and O–H groups in total. The smallest absolute Gasteiger partial charge is 0.140 e. The van der Waals surface area contributed by atoms with E-state index in [1.54, 1.807) is 11.3 Å². The number of rotatable bonds is 10. The van der Waals surface area contributed by atoms with Crippen molar-refractivity contribution in [3.05, 3.63) is 76.2 Å². The minimum Gasteiger partial charge on any atom is -0.494 e. The highest BCUT2D eigenvalue weighted by Gasteiger charge is 2.13. The fourth-order valence-corrected chi connectivity index (χ4v) is 4.31. The molecule has 0 aliphatic heterocycles. The molecule has 0 amide bonds.